The maximum atomic E-state index is 11.8. The molecule has 0 saturated carbocycles. The number of nitrogens with one attached hydrogen (secondary N) is 1. The quantitative estimate of drug-likeness (QED) is 0.841. The van der Waals surface area contributed by atoms with Crippen LogP contribution in [-0.2, 0) is 20.7 Å². The average Bonchev–Trinajstić information content (AvgIpc) is 2.37. The second kappa shape index (κ2) is 7.45. The van der Waals surface area contributed by atoms with Crippen molar-refractivity contribution in [2.75, 3.05) is 7.11 Å². The lowest BCUT2D eigenvalue weighted by Gasteiger charge is -2.22. The van der Waals surface area contributed by atoms with E-state index >= 15 is 0 Å². The molecule has 0 fully saturated rings. The van der Waals surface area contributed by atoms with Crippen LogP contribution in [0, 0.1) is 0 Å². The average molecular weight is 358 g/mol. The van der Waals surface area contributed by atoms with Gasteiger partial charge in [-0.3, -0.25) is 0 Å². The van der Waals surface area contributed by atoms with E-state index in [1.165, 1.54) is 7.11 Å². The Morgan fingerprint density at radius 3 is 2.43 bits per heavy atom. The zero-order chi connectivity index (χ0) is 16.0. The molecular formula is C15H20BrNO4. The molecule has 0 aromatic heterocycles. The first-order valence-corrected chi connectivity index (χ1v) is 7.33. The van der Waals surface area contributed by atoms with Crippen LogP contribution in [0.1, 0.15) is 26.3 Å². The molecule has 1 rings (SSSR count). The summed E-state index contributed by atoms with van der Waals surface area (Å²) in [5.41, 5.74) is 0.266. The van der Waals surface area contributed by atoms with Gasteiger partial charge in [0.1, 0.15) is 11.6 Å². The fourth-order valence-electron chi connectivity index (χ4n) is 1.67. The van der Waals surface area contributed by atoms with Crippen LogP contribution in [0.5, 0.6) is 0 Å². The molecule has 21 heavy (non-hydrogen) atoms. The highest BCUT2D eigenvalue weighted by molar-refractivity contribution is 9.10. The number of rotatable bonds is 4. The van der Waals surface area contributed by atoms with Crippen molar-refractivity contribution in [1.29, 1.82) is 0 Å². The van der Waals surface area contributed by atoms with Crippen LogP contribution < -0.4 is 5.32 Å². The minimum Gasteiger partial charge on any atom is -0.467 e. The standard InChI is InChI=1S/C15H20BrNO4/c1-15(2,3)21-14(19)17-12(13(18)20-4)9-10-7-5-6-8-11(10)16/h5-8,12H,9H2,1-4H3,(H,17,19)/t12-/m0/s1. The zero-order valence-corrected chi connectivity index (χ0v) is 14.2. The normalized spacial score (nSPS) is 12.4. The van der Waals surface area contributed by atoms with Gasteiger partial charge < -0.3 is 14.8 Å². The van der Waals surface area contributed by atoms with E-state index in [0.717, 1.165) is 10.0 Å². The Morgan fingerprint density at radius 2 is 1.90 bits per heavy atom. The first kappa shape index (κ1) is 17.5. The molecule has 1 amide bonds. The lowest BCUT2D eigenvalue weighted by molar-refractivity contribution is -0.143. The van der Waals surface area contributed by atoms with Gasteiger partial charge in [-0.25, -0.2) is 9.59 Å². The highest BCUT2D eigenvalue weighted by atomic mass is 79.9. The predicted octanol–water partition coefficient (Wildman–Crippen LogP) is 3.06. The van der Waals surface area contributed by atoms with Gasteiger partial charge in [-0.15, -0.1) is 0 Å². The van der Waals surface area contributed by atoms with Gasteiger partial charge in [0.2, 0.25) is 0 Å². The van der Waals surface area contributed by atoms with Crippen molar-refractivity contribution in [1.82, 2.24) is 5.32 Å². The van der Waals surface area contributed by atoms with Crippen LogP contribution in [0.3, 0.4) is 0 Å². The van der Waals surface area contributed by atoms with Gasteiger partial charge in [-0.2, -0.15) is 0 Å². The van der Waals surface area contributed by atoms with Crippen molar-refractivity contribution in [2.24, 2.45) is 0 Å². The summed E-state index contributed by atoms with van der Waals surface area (Å²) in [4.78, 5) is 23.6. The number of carbonyl (C=O) groups excluding carboxylic acids is 2. The van der Waals surface area contributed by atoms with E-state index in [9.17, 15) is 9.59 Å². The van der Waals surface area contributed by atoms with E-state index in [1.54, 1.807) is 20.8 Å². The van der Waals surface area contributed by atoms with E-state index in [-0.39, 0.29) is 0 Å². The fourth-order valence-corrected chi connectivity index (χ4v) is 2.12. The first-order chi connectivity index (χ1) is 9.73. The van der Waals surface area contributed by atoms with Gasteiger partial charge in [-0.05, 0) is 32.4 Å². The first-order valence-electron chi connectivity index (χ1n) is 6.53. The maximum Gasteiger partial charge on any atom is 0.408 e. The summed E-state index contributed by atoms with van der Waals surface area (Å²) in [6, 6.07) is 6.68. The summed E-state index contributed by atoms with van der Waals surface area (Å²) < 4.78 is 10.8. The van der Waals surface area contributed by atoms with Crippen LogP contribution in [0.15, 0.2) is 28.7 Å². The summed E-state index contributed by atoms with van der Waals surface area (Å²) >= 11 is 3.41. The topological polar surface area (TPSA) is 64.6 Å². The van der Waals surface area contributed by atoms with Gasteiger partial charge in [0, 0.05) is 10.9 Å². The van der Waals surface area contributed by atoms with Crippen LogP contribution in [0.25, 0.3) is 0 Å². The molecule has 1 aromatic rings. The van der Waals surface area contributed by atoms with Crippen LogP contribution in [0.2, 0.25) is 0 Å². The number of methoxy groups -OCH3 is 1. The van der Waals surface area contributed by atoms with Crippen molar-refractivity contribution in [3.05, 3.63) is 34.3 Å². The second-order valence-electron chi connectivity index (χ2n) is 5.52. The Balaban J connectivity index is 2.80. The molecule has 0 aliphatic heterocycles. The van der Waals surface area contributed by atoms with Crippen LogP contribution in [-0.4, -0.2) is 30.8 Å². The summed E-state index contributed by atoms with van der Waals surface area (Å²) in [5.74, 6) is -0.517. The van der Waals surface area contributed by atoms with Crippen LogP contribution >= 0.6 is 15.9 Å². The molecule has 0 aliphatic carbocycles. The Kier molecular flexibility index (Phi) is 6.20. The van der Waals surface area contributed by atoms with Gasteiger partial charge in [-0.1, -0.05) is 34.1 Å². The Morgan fingerprint density at radius 1 is 1.29 bits per heavy atom. The Bertz CT molecular complexity index is 511. The summed E-state index contributed by atoms with van der Waals surface area (Å²) in [5, 5.41) is 2.54. The summed E-state index contributed by atoms with van der Waals surface area (Å²) in [6.07, 6.45) is -0.335. The Hall–Kier alpha value is -1.56. The number of benzene rings is 1. The molecule has 1 N–H and O–H groups in total. The molecule has 5 nitrogen and oxygen atoms in total. The molecule has 0 heterocycles. The van der Waals surface area contributed by atoms with E-state index in [0.29, 0.717) is 6.42 Å². The van der Waals surface area contributed by atoms with Crippen molar-refractivity contribution >= 4 is 28.0 Å². The molecule has 1 aromatic carbocycles. The lowest BCUT2D eigenvalue weighted by Crippen LogP contribution is -2.45. The number of halogens is 1. The zero-order valence-electron chi connectivity index (χ0n) is 12.6. The number of esters is 1. The highest BCUT2D eigenvalue weighted by Gasteiger charge is 2.25. The molecule has 1 atom stereocenters. The third-order valence-electron chi connectivity index (χ3n) is 2.56. The molecule has 0 radical (unpaired) electrons. The van der Waals surface area contributed by atoms with Gasteiger partial charge >= 0.3 is 12.1 Å². The van der Waals surface area contributed by atoms with Crippen molar-refractivity contribution < 1.29 is 19.1 Å². The third-order valence-corrected chi connectivity index (χ3v) is 3.33. The number of hydrogen-bond acceptors (Lipinski definition) is 4. The molecule has 0 unspecified atom stereocenters. The van der Waals surface area contributed by atoms with Crippen LogP contribution in [0.4, 0.5) is 4.79 Å². The fraction of sp³-hybridized carbons (Fsp3) is 0.467. The molecule has 0 spiro atoms. The van der Waals surface area contributed by atoms with Gasteiger partial charge in [0.05, 0.1) is 7.11 Å². The molecule has 0 aliphatic rings. The number of alkyl carbamates (subject to hydrolysis) is 1. The monoisotopic (exact) mass is 357 g/mol. The third kappa shape index (κ3) is 6.16. The van der Waals surface area contributed by atoms with E-state index < -0.39 is 23.7 Å². The number of carbonyl (C=O) groups is 2. The Labute approximate surface area is 133 Å². The molecule has 0 bridgehead atoms. The van der Waals surface area contributed by atoms with Gasteiger partial charge in [0.15, 0.2) is 0 Å². The van der Waals surface area contributed by atoms with Crippen molar-refractivity contribution in [3.8, 4) is 0 Å². The summed E-state index contributed by atoms with van der Waals surface area (Å²) in [6.45, 7) is 5.27. The predicted molar refractivity (Wildman–Crippen MR) is 83.0 cm³/mol. The largest absolute Gasteiger partial charge is 0.467 e. The summed E-state index contributed by atoms with van der Waals surface area (Å²) in [7, 11) is 1.28. The van der Waals surface area contributed by atoms with Crippen molar-refractivity contribution in [2.45, 2.75) is 38.8 Å². The lowest BCUT2D eigenvalue weighted by atomic mass is 10.1. The smallest absolute Gasteiger partial charge is 0.408 e. The minimum atomic E-state index is -0.802. The van der Waals surface area contributed by atoms with E-state index in [4.69, 9.17) is 9.47 Å². The minimum absolute atomic E-state index is 0.313. The number of amides is 1. The number of ether oxygens (including phenoxy) is 2. The number of hydrogen-bond donors (Lipinski definition) is 1. The molecule has 0 saturated heterocycles. The highest BCUT2D eigenvalue weighted by Crippen LogP contribution is 2.18. The van der Waals surface area contributed by atoms with Gasteiger partial charge in [0.25, 0.3) is 0 Å². The molecular weight excluding hydrogens is 338 g/mol. The molecule has 116 valence electrons. The van der Waals surface area contributed by atoms with Crippen molar-refractivity contribution in [3.63, 3.8) is 0 Å². The van der Waals surface area contributed by atoms with E-state index in [2.05, 4.69) is 21.2 Å². The molecule has 6 heteroatoms. The van der Waals surface area contributed by atoms with E-state index in [1.807, 2.05) is 24.3 Å². The maximum absolute atomic E-state index is 11.8. The SMILES string of the molecule is COC(=O)[C@H](Cc1ccccc1Br)NC(=O)OC(C)(C)C. The second-order valence-corrected chi connectivity index (χ2v) is 6.37.